The van der Waals surface area contributed by atoms with Crippen molar-refractivity contribution in [2.75, 3.05) is 32.8 Å². The molecule has 3 amide bonds. The van der Waals surface area contributed by atoms with E-state index in [1.165, 1.54) is 0 Å². The maximum atomic E-state index is 11.8. The number of urea groups is 1. The fourth-order valence-corrected chi connectivity index (χ4v) is 2.27. The lowest BCUT2D eigenvalue weighted by Gasteiger charge is -2.31. The zero-order chi connectivity index (χ0) is 15.7. The third kappa shape index (κ3) is 7.50. The van der Waals surface area contributed by atoms with E-state index in [-0.39, 0.29) is 25.7 Å². The molecule has 1 saturated heterocycles. The van der Waals surface area contributed by atoms with Crippen molar-refractivity contribution in [2.24, 2.45) is 11.7 Å². The van der Waals surface area contributed by atoms with Crippen LogP contribution in [0.5, 0.6) is 0 Å². The largest absolute Gasteiger partial charge is 0.481 e. The van der Waals surface area contributed by atoms with Crippen LogP contribution in [0.15, 0.2) is 0 Å². The molecule has 0 aromatic heterocycles. The van der Waals surface area contributed by atoms with Crippen molar-refractivity contribution in [1.82, 2.24) is 10.2 Å². The summed E-state index contributed by atoms with van der Waals surface area (Å²) in [7, 11) is 0. The fraction of sp³-hybridized carbons (Fsp3) is 0.769. The predicted octanol–water partition coefficient (Wildman–Crippen LogP) is -0.225. The summed E-state index contributed by atoms with van der Waals surface area (Å²) in [5, 5.41) is 11.4. The van der Waals surface area contributed by atoms with Crippen LogP contribution in [0.3, 0.4) is 0 Å². The molecule has 0 aromatic carbocycles. The number of carboxylic acid groups (broad SMARTS) is 1. The van der Waals surface area contributed by atoms with E-state index in [1.54, 1.807) is 4.90 Å². The van der Waals surface area contributed by atoms with Gasteiger partial charge in [0.1, 0.15) is 6.61 Å². The number of amides is 3. The maximum Gasteiger partial charge on any atom is 0.317 e. The second-order valence-electron chi connectivity index (χ2n) is 5.11. The number of aliphatic carboxylic acids is 1. The average molecular weight is 301 g/mol. The van der Waals surface area contributed by atoms with Crippen molar-refractivity contribution < 1.29 is 24.2 Å². The number of rotatable bonds is 8. The average Bonchev–Trinajstić information content (AvgIpc) is 2.44. The van der Waals surface area contributed by atoms with Crippen LogP contribution in [0, 0.1) is 5.92 Å². The van der Waals surface area contributed by atoms with Gasteiger partial charge in [-0.2, -0.15) is 0 Å². The Bertz CT molecular complexity index is 367. The Morgan fingerprint density at radius 1 is 1.29 bits per heavy atom. The van der Waals surface area contributed by atoms with Gasteiger partial charge in [0.15, 0.2) is 0 Å². The highest BCUT2D eigenvalue weighted by Crippen LogP contribution is 2.21. The molecule has 0 radical (unpaired) electrons. The lowest BCUT2D eigenvalue weighted by atomic mass is 9.92. The molecular formula is C13H23N3O5. The quantitative estimate of drug-likeness (QED) is 0.535. The molecule has 0 bridgehead atoms. The molecule has 8 heteroatoms. The Hall–Kier alpha value is -1.83. The number of carbonyl (C=O) groups is 3. The smallest absolute Gasteiger partial charge is 0.317 e. The Morgan fingerprint density at radius 2 is 1.95 bits per heavy atom. The molecule has 120 valence electrons. The number of nitrogens with one attached hydrogen (secondary N) is 1. The second-order valence-corrected chi connectivity index (χ2v) is 5.11. The van der Waals surface area contributed by atoms with Crippen LogP contribution in [0.1, 0.15) is 25.7 Å². The van der Waals surface area contributed by atoms with Gasteiger partial charge in [0.05, 0.1) is 6.61 Å². The van der Waals surface area contributed by atoms with Crippen molar-refractivity contribution in [3.63, 3.8) is 0 Å². The minimum absolute atomic E-state index is 0.148. The topological polar surface area (TPSA) is 122 Å². The van der Waals surface area contributed by atoms with Gasteiger partial charge in [-0.3, -0.25) is 9.59 Å². The van der Waals surface area contributed by atoms with Crippen molar-refractivity contribution in [2.45, 2.75) is 25.7 Å². The first kappa shape index (κ1) is 17.2. The van der Waals surface area contributed by atoms with Crippen LogP contribution in [-0.2, 0) is 14.3 Å². The van der Waals surface area contributed by atoms with Gasteiger partial charge in [0.2, 0.25) is 5.91 Å². The molecule has 0 atom stereocenters. The third-order valence-corrected chi connectivity index (χ3v) is 3.44. The van der Waals surface area contributed by atoms with Crippen molar-refractivity contribution >= 4 is 17.9 Å². The summed E-state index contributed by atoms with van der Waals surface area (Å²) < 4.78 is 4.94. The number of primary amides is 1. The summed E-state index contributed by atoms with van der Waals surface area (Å²) in [4.78, 5) is 34.5. The summed E-state index contributed by atoms with van der Waals surface area (Å²) in [5.74, 6) is -0.931. The van der Waals surface area contributed by atoms with Crippen molar-refractivity contribution in [3.8, 4) is 0 Å². The monoisotopic (exact) mass is 301 g/mol. The van der Waals surface area contributed by atoms with Crippen LogP contribution >= 0.6 is 0 Å². The summed E-state index contributed by atoms with van der Waals surface area (Å²) >= 11 is 0. The third-order valence-electron chi connectivity index (χ3n) is 3.44. The molecule has 4 N–H and O–H groups in total. The van der Waals surface area contributed by atoms with Crippen LogP contribution in [0.4, 0.5) is 4.79 Å². The second kappa shape index (κ2) is 9.17. The molecular weight excluding hydrogens is 278 g/mol. The number of hydrogen-bond acceptors (Lipinski definition) is 4. The molecule has 0 spiro atoms. The number of likely N-dealkylation sites (tertiary alicyclic amines) is 1. The molecule has 1 aliphatic heterocycles. The Morgan fingerprint density at radius 3 is 2.52 bits per heavy atom. The van der Waals surface area contributed by atoms with Crippen LogP contribution < -0.4 is 11.1 Å². The Kier molecular flexibility index (Phi) is 7.52. The zero-order valence-corrected chi connectivity index (χ0v) is 12.0. The molecule has 21 heavy (non-hydrogen) atoms. The SMILES string of the molecule is NC(=O)COCCNC(=O)N1CCC(CCC(=O)O)CC1. The molecule has 1 fully saturated rings. The molecule has 0 aromatic rings. The van der Waals surface area contributed by atoms with E-state index in [0.717, 1.165) is 12.8 Å². The minimum Gasteiger partial charge on any atom is -0.481 e. The van der Waals surface area contributed by atoms with Gasteiger partial charge in [-0.05, 0) is 25.2 Å². The highest BCUT2D eigenvalue weighted by molar-refractivity contribution is 5.75. The minimum atomic E-state index is -0.772. The normalized spacial score (nSPS) is 15.7. The van der Waals surface area contributed by atoms with Gasteiger partial charge in [-0.1, -0.05) is 0 Å². The van der Waals surface area contributed by atoms with Gasteiger partial charge in [-0.15, -0.1) is 0 Å². The van der Waals surface area contributed by atoms with Crippen LogP contribution in [0.25, 0.3) is 0 Å². The van der Waals surface area contributed by atoms with Crippen LogP contribution in [-0.4, -0.2) is 60.8 Å². The predicted molar refractivity (Wildman–Crippen MR) is 74.6 cm³/mol. The summed E-state index contributed by atoms with van der Waals surface area (Å²) in [6, 6.07) is -0.158. The summed E-state index contributed by atoms with van der Waals surface area (Å²) in [5.41, 5.74) is 4.91. The van der Waals surface area contributed by atoms with E-state index < -0.39 is 11.9 Å². The highest BCUT2D eigenvalue weighted by atomic mass is 16.5. The first-order valence-electron chi connectivity index (χ1n) is 7.09. The van der Waals surface area contributed by atoms with E-state index in [0.29, 0.717) is 32.0 Å². The fourth-order valence-electron chi connectivity index (χ4n) is 2.27. The maximum absolute atomic E-state index is 11.8. The zero-order valence-electron chi connectivity index (χ0n) is 12.0. The van der Waals surface area contributed by atoms with Gasteiger partial charge >= 0.3 is 12.0 Å². The van der Waals surface area contributed by atoms with Gasteiger partial charge in [-0.25, -0.2) is 4.79 Å². The molecule has 0 aliphatic carbocycles. The number of ether oxygens (including phenoxy) is 1. The van der Waals surface area contributed by atoms with E-state index in [2.05, 4.69) is 5.32 Å². The first-order chi connectivity index (χ1) is 9.99. The van der Waals surface area contributed by atoms with Crippen LogP contribution in [0.2, 0.25) is 0 Å². The van der Waals surface area contributed by atoms with E-state index >= 15 is 0 Å². The number of carbonyl (C=O) groups excluding carboxylic acids is 2. The molecule has 8 nitrogen and oxygen atoms in total. The molecule has 0 unspecified atom stereocenters. The first-order valence-corrected chi connectivity index (χ1v) is 7.09. The van der Waals surface area contributed by atoms with E-state index in [4.69, 9.17) is 15.6 Å². The van der Waals surface area contributed by atoms with E-state index in [1.807, 2.05) is 0 Å². The van der Waals surface area contributed by atoms with Gasteiger partial charge in [0, 0.05) is 26.1 Å². The molecule has 1 heterocycles. The lowest BCUT2D eigenvalue weighted by Crippen LogP contribution is -2.45. The van der Waals surface area contributed by atoms with Gasteiger partial charge in [0.25, 0.3) is 0 Å². The highest BCUT2D eigenvalue weighted by Gasteiger charge is 2.22. The number of nitrogens with two attached hydrogens (primary N) is 1. The Balaban J connectivity index is 2.11. The van der Waals surface area contributed by atoms with E-state index in [9.17, 15) is 14.4 Å². The lowest BCUT2D eigenvalue weighted by molar-refractivity contribution is -0.137. The number of piperidine rings is 1. The number of hydrogen-bond donors (Lipinski definition) is 3. The molecule has 1 rings (SSSR count). The summed E-state index contributed by atoms with van der Waals surface area (Å²) in [6.07, 6.45) is 2.53. The Labute approximate surface area is 123 Å². The molecule has 1 aliphatic rings. The standard InChI is InChI=1S/C13H23N3O5/c14-11(17)9-21-8-5-15-13(20)16-6-3-10(4-7-16)1-2-12(18)19/h10H,1-9H2,(H2,14,17)(H,15,20)(H,18,19). The van der Waals surface area contributed by atoms with Gasteiger partial charge < -0.3 is 25.8 Å². The summed E-state index contributed by atoms with van der Waals surface area (Å²) in [6.45, 7) is 1.69. The molecule has 0 saturated carbocycles. The van der Waals surface area contributed by atoms with Crippen molar-refractivity contribution in [3.05, 3.63) is 0 Å². The number of carboxylic acids is 1. The number of nitrogens with zero attached hydrogens (tertiary/aromatic N) is 1. The van der Waals surface area contributed by atoms with Crippen molar-refractivity contribution in [1.29, 1.82) is 0 Å².